The van der Waals surface area contributed by atoms with E-state index in [1.54, 1.807) is 14.0 Å². The van der Waals surface area contributed by atoms with Crippen LogP contribution >= 0.6 is 0 Å². The van der Waals surface area contributed by atoms with Crippen molar-refractivity contribution in [2.75, 3.05) is 17.9 Å². The van der Waals surface area contributed by atoms with Crippen molar-refractivity contribution in [3.8, 4) is 0 Å². The second-order valence-corrected chi connectivity index (χ2v) is 6.91. The fourth-order valence-electron chi connectivity index (χ4n) is 2.77. The van der Waals surface area contributed by atoms with Crippen molar-refractivity contribution in [3.05, 3.63) is 41.2 Å². The van der Waals surface area contributed by atoms with Crippen LogP contribution in [0.15, 0.2) is 29.2 Å². The molecule has 1 aromatic heterocycles. The highest BCUT2D eigenvalue weighted by Gasteiger charge is 2.34. The van der Waals surface area contributed by atoms with Gasteiger partial charge < -0.3 is 5.32 Å². The molecule has 21 heavy (non-hydrogen) atoms. The molecule has 1 aliphatic rings. The van der Waals surface area contributed by atoms with Crippen LogP contribution in [-0.4, -0.2) is 32.2 Å². The molecule has 0 spiro atoms. The summed E-state index contributed by atoms with van der Waals surface area (Å²) in [5.41, 5.74) is 2.94. The maximum atomic E-state index is 13.0. The summed E-state index contributed by atoms with van der Waals surface area (Å²) in [5, 5.41) is 9.84. The summed E-state index contributed by atoms with van der Waals surface area (Å²) in [6, 6.07) is 7.63. The van der Waals surface area contributed by atoms with Crippen molar-refractivity contribution in [3.63, 3.8) is 0 Å². The Hall–Kier alpha value is -1.86. The number of nitrogens with zero attached hydrogens (tertiary/aromatic N) is 2. The molecule has 0 saturated heterocycles. The summed E-state index contributed by atoms with van der Waals surface area (Å²) < 4.78 is 27.5. The minimum absolute atomic E-state index is 0.286. The number of fused-ring (bicyclic) bond motifs is 1. The molecular formula is C14H18N4O2S. The highest BCUT2D eigenvalue weighted by molar-refractivity contribution is 7.93. The molecule has 0 fully saturated rings. The molecule has 7 heteroatoms. The standard InChI is InChI=1S/C14H18N4O2S/c1-10-14(12(9-15-2)17-16-10)21(19,20)18-8-7-11-5-3-4-6-13(11)18/h3-6,15H,7-9H2,1-2H3,(H,16,17). The van der Waals surface area contributed by atoms with Gasteiger partial charge in [0.05, 0.1) is 17.1 Å². The molecule has 0 radical (unpaired) electrons. The van der Waals surface area contributed by atoms with Gasteiger partial charge in [-0.05, 0) is 32.0 Å². The average molecular weight is 306 g/mol. The molecular weight excluding hydrogens is 288 g/mol. The van der Waals surface area contributed by atoms with Gasteiger partial charge >= 0.3 is 0 Å². The average Bonchev–Trinajstić information content (AvgIpc) is 3.03. The van der Waals surface area contributed by atoms with Gasteiger partial charge in [-0.2, -0.15) is 5.10 Å². The van der Waals surface area contributed by atoms with Crippen LogP contribution in [0.25, 0.3) is 0 Å². The first-order valence-electron chi connectivity index (χ1n) is 6.85. The summed E-state index contributed by atoms with van der Waals surface area (Å²) in [6.45, 7) is 2.63. The molecule has 2 N–H and O–H groups in total. The molecule has 0 aliphatic carbocycles. The van der Waals surface area contributed by atoms with Crippen molar-refractivity contribution >= 4 is 15.7 Å². The van der Waals surface area contributed by atoms with E-state index in [0.717, 1.165) is 17.7 Å². The fourth-order valence-corrected chi connectivity index (χ4v) is 4.60. The van der Waals surface area contributed by atoms with Gasteiger partial charge in [-0.1, -0.05) is 18.2 Å². The fraction of sp³-hybridized carbons (Fsp3) is 0.357. The van der Waals surface area contributed by atoms with Crippen LogP contribution in [0.5, 0.6) is 0 Å². The third-order valence-electron chi connectivity index (χ3n) is 3.70. The molecule has 0 amide bonds. The van der Waals surface area contributed by atoms with E-state index in [1.165, 1.54) is 4.31 Å². The maximum Gasteiger partial charge on any atom is 0.268 e. The normalized spacial score (nSPS) is 14.5. The van der Waals surface area contributed by atoms with Crippen molar-refractivity contribution in [2.45, 2.75) is 24.8 Å². The Bertz CT molecular complexity index is 767. The predicted octanol–water partition coefficient (Wildman–Crippen LogP) is 1.19. The minimum Gasteiger partial charge on any atom is -0.314 e. The third kappa shape index (κ3) is 2.22. The zero-order chi connectivity index (χ0) is 15.0. The van der Waals surface area contributed by atoms with Gasteiger partial charge in [0.1, 0.15) is 4.90 Å². The number of aromatic amines is 1. The molecule has 1 aromatic carbocycles. The molecule has 6 nitrogen and oxygen atoms in total. The van der Waals surface area contributed by atoms with E-state index in [1.807, 2.05) is 24.3 Å². The van der Waals surface area contributed by atoms with Crippen molar-refractivity contribution in [2.24, 2.45) is 0 Å². The predicted molar refractivity (Wildman–Crippen MR) is 80.8 cm³/mol. The van der Waals surface area contributed by atoms with Crippen molar-refractivity contribution in [1.82, 2.24) is 15.5 Å². The lowest BCUT2D eigenvalue weighted by Gasteiger charge is -2.20. The molecule has 0 unspecified atom stereocenters. The second kappa shape index (κ2) is 5.16. The van der Waals surface area contributed by atoms with Gasteiger partial charge in [0, 0.05) is 13.1 Å². The summed E-state index contributed by atoms with van der Waals surface area (Å²) in [5.74, 6) is 0. The summed E-state index contributed by atoms with van der Waals surface area (Å²) in [6.07, 6.45) is 0.744. The van der Waals surface area contributed by atoms with Crippen LogP contribution < -0.4 is 9.62 Å². The zero-order valence-electron chi connectivity index (χ0n) is 12.0. The van der Waals surface area contributed by atoms with Crippen LogP contribution in [0, 0.1) is 6.92 Å². The summed E-state index contributed by atoms with van der Waals surface area (Å²) in [7, 11) is -1.82. The lowest BCUT2D eigenvalue weighted by atomic mass is 10.2. The number of rotatable bonds is 4. The highest BCUT2D eigenvalue weighted by atomic mass is 32.2. The molecule has 2 heterocycles. The topological polar surface area (TPSA) is 78.1 Å². The first kappa shape index (κ1) is 14.1. The molecule has 2 aromatic rings. The number of aryl methyl sites for hydroxylation is 1. The van der Waals surface area contributed by atoms with Gasteiger partial charge in [0.25, 0.3) is 10.0 Å². The lowest BCUT2D eigenvalue weighted by molar-refractivity contribution is 0.589. The van der Waals surface area contributed by atoms with Crippen molar-refractivity contribution < 1.29 is 8.42 Å². The van der Waals surface area contributed by atoms with Gasteiger partial charge in [0.2, 0.25) is 0 Å². The van der Waals surface area contributed by atoms with E-state index in [0.29, 0.717) is 24.5 Å². The number of aromatic nitrogens is 2. The number of benzene rings is 1. The first-order chi connectivity index (χ1) is 10.1. The minimum atomic E-state index is -3.59. The quantitative estimate of drug-likeness (QED) is 0.889. The molecule has 3 rings (SSSR count). The highest BCUT2D eigenvalue weighted by Crippen LogP contribution is 2.34. The molecule has 112 valence electrons. The summed E-state index contributed by atoms with van der Waals surface area (Å²) in [4.78, 5) is 0.286. The number of sulfonamides is 1. The SMILES string of the molecule is CNCc1n[nH]c(C)c1S(=O)(=O)N1CCc2ccccc21. The lowest BCUT2D eigenvalue weighted by Crippen LogP contribution is -2.30. The van der Waals surface area contributed by atoms with Gasteiger partial charge in [0.15, 0.2) is 0 Å². The molecule has 0 atom stereocenters. The first-order valence-corrected chi connectivity index (χ1v) is 8.29. The van der Waals surface area contributed by atoms with E-state index >= 15 is 0 Å². The molecule has 0 bridgehead atoms. The van der Waals surface area contributed by atoms with Crippen molar-refractivity contribution in [1.29, 1.82) is 0 Å². The number of anilines is 1. The van der Waals surface area contributed by atoms with E-state index in [4.69, 9.17) is 0 Å². The Morgan fingerprint density at radius 1 is 1.38 bits per heavy atom. The Morgan fingerprint density at radius 3 is 2.90 bits per heavy atom. The zero-order valence-corrected chi connectivity index (χ0v) is 12.9. The summed E-state index contributed by atoms with van der Waals surface area (Å²) >= 11 is 0. The molecule has 1 aliphatic heterocycles. The Labute approximate surface area is 124 Å². The Morgan fingerprint density at radius 2 is 2.14 bits per heavy atom. The number of para-hydroxylation sites is 1. The Kier molecular flexibility index (Phi) is 3.46. The third-order valence-corrected chi connectivity index (χ3v) is 5.72. The van der Waals surface area contributed by atoms with Gasteiger partial charge in [-0.15, -0.1) is 0 Å². The maximum absolute atomic E-state index is 13.0. The largest absolute Gasteiger partial charge is 0.314 e. The molecule has 0 saturated carbocycles. The second-order valence-electron chi connectivity index (χ2n) is 5.11. The smallest absolute Gasteiger partial charge is 0.268 e. The van der Waals surface area contributed by atoms with E-state index in [-0.39, 0.29) is 4.90 Å². The van der Waals surface area contributed by atoms with E-state index in [9.17, 15) is 8.42 Å². The van der Waals surface area contributed by atoms with Gasteiger partial charge in [-0.3, -0.25) is 9.40 Å². The number of nitrogens with one attached hydrogen (secondary N) is 2. The van der Waals surface area contributed by atoms with E-state index in [2.05, 4.69) is 15.5 Å². The number of H-pyrrole nitrogens is 1. The van der Waals surface area contributed by atoms with E-state index < -0.39 is 10.0 Å². The van der Waals surface area contributed by atoms with Crippen LogP contribution in [-0.2, 0) is 23.0 Å². The van der Waals surface area contributed by atoms with Crippen LogP contribution in [0.3, 0.4) is 0 Å². The monoisotopic (exact) mass is 306 g/mol. The number of hydrogen-bond donors (Lipinski definition) is 2. The van der Waals surface area contributed by atoms with Crippen LogP contribution in [0.4, 0.5) is 5.69 Å². The van der Waals surface area contributed by atoms with Crippen LogP contribution in [0.2, 0.25) is 0 Å². The number of hydrogen-bond acceptors (Lipinski definition) is 4. The van der Waals surface area contributed by atoms with Crippen LogP contribution in [0.1, 0.15) is 17.0 Å². The van der Waals surface area contributed by atoms with Gasteiger partial charge in [-0.25, -0.2) is 8.42 Å². The Balaban J connectivity index is 2.09.